The fourth-order valence-corrected chi connectivity index (χ4v) is 3.31. The second-order valence-corrected chi connectivity index (χ2v) is 5.98. The van der Waals surface area contributed by atoms with Gasteiger partial charge in [0, 0.05) is 31.9 Å². The molecule has 114 valence electrons. The summed E-state index contributed by atoms with van der Waals surface area (Å²) in [6, 6.07) is 9.75. The van der Waals surface area contributed by atoms with Crippen LogP contribution < -0.4 is 0 Å². The van der Waals surface area contributed by atoms with Crippen LogP contribution in [0.15, 0.2) is 41.2 Å². The fraction of sp³-hybridized carbons (Fsp3) is 0.312. The predicted octanol–water partition coefficient (Wildman–Crippen LogP) is 2.19. The molecule has 2 heterocycles. The molecular formula is C16H17N3O2S. The van der Waals surface area contributed by atoms with E-state index in [0.717, 1.165) is 5.56 Å². The number of rotatable bonds is 2. The van der Waals surface area contributed by atoms with Gasteiger partial charge in [-0.05, 0) is 5.56 Å². The highest BCUT2D eigenvalue weighted by atomic mass is 32.1. The lowest BCUT2D eigenvalue weighted by molar-refractivity contribution is -0.133. The molecule has 2 amide bonds. The summed E-state index contributed by atoms with van der Waals surface area (Å²) in [5.41, 5.74) is 3.19. The number of benzene rings is 1. The average Bonchev–Trinajstić information content (AvgIpc) is 3.09. The monoisotopic (exact) mass is 315 g/mol. The Hall–Kier alpha value is -2.21. The molecule has 1 fully saturated rings. The summed E-state index contributed by atoms with van der Waals surface area (Å²) < 4.78 is 0. The van der Waals surface area contributed by atoms with Crippen molar-refractivity contribution in [3.8, 4) is 0 Å². The molecule has 0 N–H and O–H groups in total. The van der Waals surface area contributed by atoms with Crippen molar-refractivity contribution in [2.45, 2.75) is 13.0 Å². The molecule has 1 aliphatic rings. The van der Waals surface area contributed by atoms with E-state index in [2.05, 4.69) is 4.98 Å². The van der Waals surface area contributed by atoms with Gasteiger partial charge in [-0.15, -0.1) is 11.3 Å². The van der Waals surface area contributed by atoms with Gasteiger partial charge < -0.3 is 9.80 Å². The molecule has 6 heteroatoms. The summed E-state index contributed by atoms with van der Waals surface area (Å²) in [6.07, 6.45) is 0. The largest absolute Gasteiger partial charge is 0.333 e. The summed E-state index contributed by atoms with van der Waals surface area (Å²) in [5, 5.41) is 1.76. The van der Waals surface area contributed by atoms with Gasteiger partial charge in [-0.1, -0.05) is 30.3 Å². The van der Waals surface area contributed by atoms with Crippen molar-refractivity contribution in [2.75, 3.05) is 19.6 Å². The molecule has 0 saturated carbocycles. The van der Waals surface area contributed by atoms with E-state index < -0.39 is 0 Å². The van der Waals surface area contributed by atoms with Crippen molar-refractivity contribution < 1.29 is 9.59 Å². The van der Waals surface area contributed by atoms with E-state index in [-0.39, 0.29) is 17.9 Å². The van der Waals surface area contributed by atoms with Crippen LogP contribution in [-0.2, 0) is 4.79 Å². The second kappa shape index (κ2) is 6.27. The number of thiazole rings is 1. The van der Waals surface area contributed by atoms with Crippen molar-refractivity contribution >= 4 is 23.2 Å². The smallest absolute Gasteiger partial charge is 0.273 e. The molecule has 5 nitrogen and oxygen atoms in total. The Morgan fingerprint density at radius 3 is 2.64 bits per heavy atom. The molecule has 0 bridgehead atoms. The van der Waals surface area contributed by atoms with Crippen LogP contribution in [0.25, 0.3) is 0 Å². The Bertz CT molecular complexity index is 657. The molecule has 22 heavy (non-hydrogen) atoms. The van der Waals surface area contributed by atoms with Crippen LogP contribution in [0.4, 0.5) is 0 Å². The number of hydrogen-bond donors (Lipinski definition) is 0. The van der Waals surface area contributed by atoms with Crippen molar-refractivity contribution in [1.82, 2.24) is 14.8 Å². The number of piperazine rings is 1. The normalized spacial score (nSPS) is 18.3. The summed E-state index contributed by atoms with van der Waals surface area (Å²) in [7, 11) is 0. The Balaban J connectivity index is 1.84. The molecule has 1 aliphatic heterocycles. The highest BCUT2D eigenvalue weighted by Gasteiger charge is 2.32. The average molecular weight is 315 g/mol. The fourth-order valence-electron chi connectivity index (χ4n) is 2.78. The maximum Gasteiger partial charge on any atom is 0.273 e. The van der Waals surface area contributed by atoms with Gasteiger partial charge in [0.2, 0.25) is 5.91 Å². The minimum atomic E-state index is -0.102. The molecule has 2 aromatic rings. The molecule has 1 saturated heterocycles. The van der Waals surface area contributed by atoms with E-state index in [1.165, 1.54) is 11.3 Å². The molecule has 1 aromatic carbocycles. The minimum absolute atomic E-state index is 0.0367. The van der Waals surface area contributed by atoms with Gasteiger partial charge in [0.25, 0.3) is 5.91 Å². The van der Waals surface area contributed by atoms with Crippen molar-refractivity contribution in [3.05, 3.63) is 52.5 Å². The Labute approximate surface area is 133 Å². The first-order chi connectivity index (χ1) is 10.7. The van der Waals surface area contributed by atoms with E-state index in [1.54, 1.807) is 22.7 Å². The highest BCUT2D eigenvalue weighted by molar-refractivity contribution is 7.07. The zero-order chi connectivity index (χ0) is 15.5. The molecule has 0 radical (unpaired) electrons. The molecule has 0 aliphatic carbocycles. The van der Waals surface area contributed by atoms with E-state index in [4.69, 9.17) is 0 Å². The Morgan fingerprint density at radius 2 is 2.00 bits per heavy atom. The van der Waals surface area contributed by atoms with Crippen molar-refractivity contribution in [3.63, 3.8) is 0 Å². The van der Waals surface area contributed by atoms with Crippen molar-refractivity contribution in [1.29, 1.82) is 0 Å². The van der Waals surface area contributed by atoms with E-state index in [9.17, 15) is 9.59 Å². The number of hydrogen-bond acceptors (Lipinski definition) is 4. The summed E-state index contributed by atoms with van der Waals surface area (Å²) >= 11 is 1.41. The molecule has 1 aromatic heterocycles. The Morgan fingerprint density at radius 1 is 1.23 bits per heavy atom. The Kier molecular flexibility index (Phi) is 4.20. The standard InChI is InChI=1S/C16H17N3O2S/c1-12(20)19-8-7-18(16(21)14-10-22-11-17-14)9-15(19)13-5-3-2-4-6-13/h2-6,10-11,15H,7-9H2,1H3/t15-/m1/s1. The first-order valence-electron chi connectivity index (χ1n) is 7.16. The number of nitrogens with zero attached hydrogens (tertiary/aromatic N) is 3. The van der Waals surface area contributed by atoms with Crippen LogP contribution in [0.3, 0.4) is 0 Å². The van der Waals surface area contributed by atoms with Crippen LogP contribution in [-0.4, -0.2) is 46.2 Å². The van der Waals surface area contributed by atoms with Crippen LogP contribution in [0, 0.1) is 0 Å². The van der Waals surface area contributed by atoms with E-state index in [0.29, 0.717) is 25.3 Å². The van der Waals surface area contributed by atoms with Gasteiger partial charge in [-0.3, -0.25) is 9.59 Å². The number of carbonyl (C=O) groups is 2. The molecule has 1 atom stereocenters. The highest BCUT2D eigenvalue weighted by Crippen LogP contribution is 2.26. The number of amides is 2. The van der Waals surface area contributed by atoms with Gasteiger partial charge in [-0.2, -0.15) is 0 Å². The summed E-state index contributed by atoms with van der Waals surface area (Å²) in [6.45, 7) is 3.16. The zero-order valence-corrected chi connectivity index (χ0v) is 13.1. The lowest BCUT2D eigenvalue weighted by Gasteiger charge is -2.41. The van der Waals surface area contributed by atoms with Gasteiger partial charge in [0.05, 0.1) is 11.6 Å². The second-order valence-electron chi connectivity index (χ2n) is 5.26. The van der Waals surface area contributed by atoms with Gasteiger partial charge in [-0.25, -0.2) is 4.98 Å². The van der Waals surface area contributed by atoms with Crippen LogP contribution in [0.2, 0.25) is 0 Å². The van der Waals surface area contributed by atoms with E-state index >= 15 is 0 Å². The summed E-state index contributed by atoms with van der Waals surface area (Å²) in [4.78, 5) is 32.1. The lowest BCUT2D eigenvalue weighted by atomic mass is 10.0. The minimum Gasteiger partial charge on any atom is -0.333 e. The number of carbonyl (C=O) groups excluding carboxylic acids is 2. The van der Waals surface area contributed by atoms with Gasteiger partial charge in [0.15, 0.2) is 0 Å². The molecule has 3 rings (SSSR count). The van der Waals surface area contributed by atoms with E-state index in [1.807, 2.05) is 35.2 Å². The third-order valence-corrected chi connectivity index (χ3v) is 4.49. The third-order valence-electron chi connectivity index (χ3n) is 3.91. The molecule has 0 spiro atoms. The number of aromatic nitrogens is 1. The SMILES string of the molecule is CC(=O)N1CCN(C(=O)c2cscn2)C[C@@H]1c1ccccc1. The first-order valence-corrected chi connectivity index (χ1v) is 8.10. The van der Waals surface area contributed by atoms with Crippen LogP contribution in [0.1, 0.15) is 29.0 Å². The summed E-state index contributed by atoms with van der Waals surface area (Å²) in [5.74, 6) is -0.0278. The maximum absolute atomic E-state index is 12.5. The molecule has 0 unspecified atom stereocenters. The van der Waals surface area contributed by atoms with Crippen molar-refractivity contribution in [2.24, 2.45) is 0 Å². The van der Waals surface area contributed by atoms with Gasteiger partial charge >= 0.3 is 0 Å². The van der Waals surface area contributed by atoms with Crippen LogP contribution in [0.5, 0.6) is 0 Å². The third kappa shape index (κ3) is 2.87. The van der Waals surface area contributed by atoms with Crippen LogP contribution >= 0.6 is 11.3 Å². The zero-order valence-electron chi connectivity index (χ0n) is 12.3. The molecular weight excluding hydrogens is 298 g/mol. The topological polar surface area (TPSA) is 53.5 Å². The quantitative estimate of drug-likeness (QED) is 0.853. The first kappa shape index (κ1) is 14.7. The predicted molar refractivity (Wildman–Crippen MR) is 84.6 cm³/mol. The van der Waals surface area contributed by atoms with Gasteiger partial charge in [0.1, 0.15) is 5.69 Å². The maximum atomic E-state index is 12.5. The lowest BCUT2D eigenvalue weighted by Crippen LogP contribution is -2.51.